The Morgan fingerprint density at radius 1 is 1.32 bits per heavy atom. The SMILES string of the molecule is CCN(C)/C=N\c1cc(C)c(Oc2snc(C(C)(C)C)c2Cl)cc1Cl. The lowest BCUT2D eigenvalue weighted by Crippen LogP contribution is -2.14. The average molecular weight is 400 g/mol. The van der Waals surface area contributed by atoms with Crippen LogP contribution in [0.2, 0.25) is 10.0 Å². The monoisotopic (exact) mass is 399 g/mol. The van der Waals surface area contributed by atoms with Crippen molar-refractivity contribution >= 4 is 46.8 Å². The van der Waals surface area contributed by atoms with Gasteiger partial charge in [0.2, 0.25) is 5.06 Å². The van der Waals surface area contributed by atoms with Gasteiger partial charge in [0.1, 0.15) is 10.8 Å². The second-order valence-corrected chi connectivity index (χ2v) is 8.39. The Morgan fingerprint density at radius 3 is 2.56 bits per heavy atom. The first kappa shape index (κ1) is 20.0. The summed E-state index contributed by atoms with van der Waals surface area (Å²) in [6.07, 6.45) is 1.76. The molecule has 7 heteroatoms. The minimum Gasteiger partial charge on any atom is -0.443 e. The third kappa shape index (κ3) is 4.87. The number of aryl methyl sites for hydroxylation is 1. The fourth-order valence-electron chi connectivity index (χ4n) is 1.99. The molecule has 0 radical (unpaired) electrons. The normalized spacial score (nSPS) is 12.0. The van der Waals surface area contributed by atoms with Crippen molar-refractivity contribution in [3.63, 3.8) is 0 Å². The maximum atomic E-state index is 6.44. The molecule has 0 N–H and O–H groups in total. The highest BCUT2D eigenvalue weighted by molar-refractivity contribution is 7.08. The van der Waals surface area contributed by atoms with Gasteiger partial charge >= 0.3 is 0 Å². The molecule has 0 aliphatic carbocycles. The summed E-state index contributed by atoms with van der Waals surface area (Å²) in [6, 6.07) is 3.67. The quantitative estimate of drug-likeness (QED) is 0.427. The Bertz CT molecular complexity index is 781. The van der Waals surface area contributed by atoms with Crippen LogP contribution in [0.3, 0.4) is 0 Å². The van der Waals surface area contributed by atoms with Gasteiger partial charge in [0.05, 0.1) is 22.7 Å². The topological polar surface area (TPSA) is 37.7 Å². The van der Waals surface area contributed by atoms with Crippen molar-refractivity contribution in [3.05, 3.63) is 33.4 Å². The maximum absolute atomic E-state index is 6.44. The molecule has 4 nitrogen and oxygen atoms in total. The van der Waals surface area contributed by atoms with Gasteiger partial charge < -0.3 is 9.64 Å². The van der Waals surface area contributed by atoms with Gasteiger partial charge in [-0.2, -0.15) is 4.37 Å². The molecular weight excluding hydrogens is 377 g/mol. The zero-order chi connectivity index (χ0) is 18.8. The lowest BCUT2D eigenvalue weighted by Gasteiger charge is -2.15. The zero-order valence-corrected chi connectivity index (χ0v) is 17.7. The number of benzene rings is 1. The van der Waals surface area contributed by atoms with Crippen molar-refractivity contribution in [2.24, 2.45) is 4.99 Å². The smallest absolute Gasteiger partial charge is 0.219 e. The number of hydrogen-bond donors (Lipinski definition) is 0. The number of nitrogens with zero attached hydrogens (tertiary/aromatic N) is 3. The van der Waals surface area contributed by atoms with E-state index in [1.165, 1.54) is 11.5 Å². The van der Waals surface area contributed by atoms with Crippen LogP contribution >= 0.6 is 34.7 Å². The van der Waals surface area contributed by atoms with E-state index in [1.807, 2.05) is 24.9 Å². The summed E-state index contributed by atoms with van der Waals surface area (Å²) in [4.78, 5) is 6.39. The average Bonchev–Trinajstić information content (AvgIpc) is 2.89. The number of aliphatic imine (C=N–C) groups is 1. The Balaban J connectivity index is 2.29. The molecule has 2 rings (SSSR count). The molecule has 1 aromatic carbocycles. The van der Waals surface area contributed by atoms with Crippen molar-refractivity contribution in [1.82, 2.24) is 9.27 Å². The van der Waals surface area contributed by atoms with E-state index in [9.17, 15) is 0 Å². The summed E-state index contributed by atoms with van der Waals surface area (Å²) < 4.78 is 10.4. The highest BCUT2D eigenvalue weighted by Gasteiger charge is 2.25. The van der Waals surface area contributed by atoms with Crippen LogP contribution in [0.1, 0.15) is 39.0 Å². The van der Waals surface area contributed by atoms with Crippen molar-refractivity contribution < 1.29 is 4.74 Å². The number of aromatic nitrogens is 1. The molecular formula is C18H23Cl2N3OS. The predicted molar refractivity (Wildman–Crippen MR) is 109 cm³/mol. The minimum atomic E-state index is -0.133. The standard InChI is InChI=1S/C18H23Cl2N3OS/c1-7-23(6)10-21-13-8-11(2)14(9-12(13)19)24-17-15(20)16(22-25-17)18(3,4)5/h8-10H,7H2,1-6H3/b21-10-. The maximum Gasteiger partial charge on any atom is 0.219 e. The van der Waals surface area contributed by atoms with Crippen LogP contribution in [-0.2, 0) is 5.41 Å². The summed E-state index contributed by atoms with van der Waals surface area (Å²) in [5.41, 5.74) is 2.34. The summed E-state index contributed by atoms with van der Waals surface area (Å²) in [5.74, 6) is 0.652. The van der Waals surface area contributed by atoms with Crippen LogP contribution < -0.4 is 4.74 Å². The third-order valence-corrected chi connectivity index (χ3v) is 5.15. The summed E-state index contributed by atoms with van der Waals surface area (Å²) in [7, 11) is 1.96. The molecule has 0 fully saturated rings. The Kier molecular flexibility index (Phi) is 6.35. The van der Waals surface area contributed by atoms with Gasteiger partial charge in [-0.05, 0) is 25.5 Å². The van der Waals surface area contributed by atoms with Gasteiger partial charge in [-0.3, -0.25) is 0 Å². The molecule has 1 aromatic heterocycles. The molecule has 0 aliphatic heterocycles. The van der Waals surface area contributed by atoms with E-state index in [1.54, 1.807) is 12.4 Å². The first-order valence-electron chi connectivity index (χ1n) is 8.01. The van der Waals surface area contributed by atoms with E-state index in [0.29, 0.717) is 26.5 Å². The van der Waals surface area contributed by atoms with Gasteiger partial charge in [-0.1, -0.05) is 44.0 Å². The molecule has 2 aromatic rings. The van der Waals surface area contributed by atoms with Crippen LogP contribution in [0.5, 0.6) is 10.8 Å². The highest BCUT2D eigenvalue weighted by Crippen LogP contribution is 2.42. The van der Waals surface area contributed by atoms with Gasteiger partial charge in [-0.15, -0.1) is 0 Å². The van der Waals surface area contributed by atoms with Crippen molar-refractivity contribution in [2.45, 2.75) is 40.0 Å². The van der Waals surface area contributed by atoms with Gasteiger partial charge in [0, 0.05) is 36.6 Å². The number of ether oxygens (including phenoxy) is 1. The van der Waals surface area contributed by atoms with Crippen LogP contribution in [0.25, 0.3) is 0 Å². The molecule has 0 aliphatic rings. The lowest BCUT2D eigenvalue weighted by molar-refractivity contribution is 0.490. The predicted octanol–water partition coefficient (Wildman–Crippen LogP) is 6.46. The van der Waals surface area contributed by atoms with Crippen molar-refractivity contribution in [3.8, 4) is 10.8 Å². The van der Waals surface area contributed by atoms with Crippen molar-refractivity contribution in [1.29, 1.82) is 0 Å². The number of hydrogen-bond acceptors (Lipinski definition) is 4. The fraction of sp³-hybridized carbons (Fsp3) is 0.444. The third-order valence-electron chi connectivity index (χ3n) is 3.66. The molecule has 1 heterocycles. The highest BCUT2D eigenvalue weighted by atomic mass is 35.5. The van der Waals surface area contributed by atoms with Crippen LogP contribution in [0, 0.1) is 6.92 Å². The molecule has 25 heavy (non-hydrogen) atoms. The molecule has 0 bridgehead atoms. The summed E-state index contributed by atoms with van der Waals surface area (Å²) >= 11 is 14.0. The van der Waals surface area contributed by atoms with E-state index in [2.05, 4.69) is 37.1 Å². The molecule has 0 spiro atoms. The summed E-state index contributed by atoms with van der Waals surface area (Å²) in [5, 5.41) is 1.66. The van der Waals surface area contributed by atoms with Crippen molar-refractivity contribution in [2.75, 3.05) is 13.6 Å². The second-order valence-electron chi connectivity index (χ2n) is 6.87. The lowest BCUT2D eigenvalue weighted by atomic mass is 9.92. The first-order valence-corrected chi connectivity index (χ1v) is 9.54. The van der Waals surface area contributed by atoms with Crippen LogP contribution in [-0.4, -0.2) is 29.2 Å². The molecule has 0 unspecified atom stereocenters. The van der Waals surface area contributed by atoms with Gasteiger partial charge in [0.25, 0.3) is 0 Å². The van der Waals surface area contributed by atoms with Crippen LogP contribution in [0.15, 0.2) is 17.1 Å². The summed E-state index contributed by atoms with van der Waals surface area (Å²) in [6.45, 7) is 11.1. The largest absolute Gasteiger partial charge is 0.443 e. The molecule has 136 valence electrons. The van der Waals surface area contributed by atoms with E-state index in [4.69, 9.17) is 27.9 Å². The zero-order valence-electron chi connectivity index (χ0n) is 15.4. The van der Waals surface area contributed by atoms with Gasteiger partial charge in [0.15, 0.2) is 0 Å². The van der Waals surface area contributed by atoms with Crippen LogP contribution in [0.4, 0.5) is 5.69 Å². The van der Waals surface area contributed by atoms with E-state index < -0.39 is 0 Å². The minimum absolute atomic E-state index is 0.133. The van der Waals surface area contributed by atoms with E-state index in [0.717, 1.165) is 17.8 Å². The number of halogens is 2. The Morgan fingerprint density at radius 2 is 2.00 bits per heavy atom. The second kappa shape index (κ2) is 7.94. The molecule has 0 atom stereocenters. The van der Waals surface area contributed by atoms with Gasteiger partial charge in [-0.25, -0.2) is 4.99 Å². The Hall–Kier alpha value is -1.30. The molecule has 0 saturated heterocycles. The molecule has 0 amide bonds. The Labute approximate surface area is 163 Å². The van der Waals surface area contributed by atoms with E-state index >= 15 is 0 Å². The molecule has 0 saturated carbocycles. The first-order chi connectivity index (χ1) is 11.6. The van der Waals surface area contributed by atoms with E-state index in [-0.39, 0.29) is 5.41 Å². The fourth-order valence-corrected chi connectivity index (χ4v) is 3.56. The number of rotatable bonds is 5.